The van der Waals surface area contributed by atoms with Crippen LogP contribution >= 0.6 is 24.2 Å². The quantitative estimate of drug-likeness (QED) is 0.631. The van der Waals surface area contributed by atoms with E-state index in [1.54, 1.807) is 23.8 Å². The summed E-state index contributed by atoms with van der Waals surface area (Å²) in [6.07, 6.45) is 0.463. The number of thioether (sulfide) groups is 1. The van der Waals surface area contributed by atoms with Gasteiger partial charge in [0.05, 0.1) is 12.3 Å². The Bertz CT molecular complexity index is 560. The Morgan fingerprint density at radius 2 is 2.00 bits per heavy atom. The van der Waals surface area contributed by atoms with Gasteiger partial charge in [-0.1, -0.05) is 12.1 Å². The van der Waals surface area contributed by atoms with Crippen LogP contribution in [-0.2, 0) is 14.3 Å². The first kappa shape index (κ1) is 21.8. The van der Waals surface area contributed by atoms with Crippen molar-refractivity contribution >= 4 is 41.7 Å². The van der Waals surface area contributed by atoms with Crippen molar-refractivity contribution in [1.82, 2.24) is 10.6 Å². The molecule has 0 saturated carbocycles. The lowest BCUT2D eigenvalue weighted by molar-refractivity contribution is -0.125. The molecule has 0 bridgehead atoms. The number of amides is 2. The van der Waals surface area contributed by atoms with Gasteiger partial charge in [-0.3, -0.25) is 9.59 Å². The van der Waals surface area contributed by atoms with Crippen molar-refractivity contribution in [3.63, 3.8) is 0 Å². The number of hydrogen-bond acceptors (Lipinski definition) is 5. The number of benzene rings is 1. The number of para-hydroxylation sites is 1. The molecule has 0 fully saturated rings. The molecule has 25 heavy (non-hydrogen) atoms. The van der Waals surface area contributed by atoms with Crippen LogP contribution in [0.1, 0.15) is 12.8 Å². The van der Waals surface area contributed by atoms with E-state index in [1.807, 2.05) is 24.3 Å². The van der Waals surface area contributed by atoms with Gasteiger partial charge in [-0.2, -0.15) is 0 Å². The number of ether oxygens (including phenoxy) is 1. The highest BCUT2D eigenvalue weighted by Gasteiger charge is 2.22. The van der Waals surface area contributed by atoms with Gasteiger partial charge >= 0.3 is 0 Å². The van der Waals surface area contributed by atoms with Crippen molar-refractivity contribution < 1.29 is 14.3 Å². The molecule has 6 nitrogen and oxygen atoms in total. The van der Waals surface area contributed by atoms with E-state index in [9.17, 15) is 9.59 Å². The number of nitrogens with zero attached hydrogens (tertiary/aromatic N) is 1. The van der Waals surface area contributed by atoms with Gasteiger partial charge in [0.25, 0.3) is 0 Å². The Morgan fingerprint density at radius 1 is 1.20 bits per heavy atom. The molecule has 0 spiro atoms. The zero-order valence-electron chi connectivity index (χ0n) is 14.5. The third-order valence-corrected chi connectivity index (χ3v) is 4.75. The molecule has 2 amide bonds. The van der Waals surface area contributed by atoms with Crippen molar-refractivity contribution in [3.8, 4) is 0 Å². The molecule has 0 aromatic heterocycles. The second-order valence-corrected chi connectivity index (χ2v) is 6.59. The topological polar surface area (TPSA) is 70.7 Å². The smallest absolute Gasteiger partial charge is 0.227 e. The summed E-state index contributed by atoms with van der Waals surface area (Å²) in [5.41, 5.74) is 0.960. The fraction of sp³-hybridized carbons (Fsp3) is 0.529. The number of halogens is 1. The Labute approximate surface area is 159 Å². The van der Waals surface area contributed by atoms with Crippen LogP contribution < -0.4 is 15.5 Å². The summed E-state index contributed by atoms with van der Waals surface area (Å²) < 4.78 is 4.92. The van der Waals surface area contributed by atoms with Gasteiger partial charge in [-0.05, 0) is 12.1 Å². The Balaban J connectivity index is 0.00000312. The van der Waals surface area contributed by atoms with Crippen molar-refractivity contribution in [2.45, 2.75) is 17.7 Å². The van der Waals surface area contributed by atoms with E-state index >= 15 is 0 Å². The second kappa shape index (κ2) is 12.1. The molecular weight excluding hydrogens is 362 g/mol. The standard InChI is InChI=1S/C17H25N3O3S.ClH/c1-23-12-10-18-8-9-19-16(21)6-7-17(22)20-11-13-24-15-5-3-2-4-14(15)20;/h2-5,18H,6-13H2,1H3,(H,19,21);1H. The molecular formula is C17H26ClN3O3S. The number of fused-ring (bicyclic) bond motifs is 1. The lowest BCUT2D eigenvalue weighted by Crippen LogP contribution is -2.37. The monoisotopic (exact) mass is 387 g/mol. The third-order valence-electron chi connectivity index (χ3n) is 3.70. The summed E-state index contributed by atoms with van der Waals surface area (Å²) in [6, 6.07) is 7.91. The van der Waals surface area contributed by atoms with Crippen molar-refractivity contribution in [1.29, 1.82) is 0 Å². The average molecular weight is 388 g/mol. The minimum absolute atomic E-state index is 0. The first-order valence-corrected chi connectivity index (χ1v) is 9.19. The molecule has 140 valence electrons. The molecule has 0 atom stereocenters. The molecule has 1 aliphatic rings. The van der Waals surface area contributed by atoms with E-state index in [-0.39, 0.29) is 37.1 Å². The van der Waals surface area contributed by atoms with Crippen LogP contribution in [0.5, 0.6) is 0 Å². The maximum absolute atomic E-state index is 12.4. The van der Waals surface area contributed by atoms with Crippen LogP contribution in [-0.4, -0.2) is 57.5 Å². The van der Waals surface area contributed by atoms with Crippen LogP contribution in [0.25, 0.3) is 0 Å². The maximum Gasteiger partial charge on any atom is 0.227 e. The molecule has 1 aliphatic heterocycles. The molecule has 0 saturated heterocycles. The minimum atomic E-state index is -0.0865. The number of carbonyl (C=O) groups is 2. The summed E-state index contributed by atoms with van der Waals surface area (Å²) in [7, 11) is 1.65. The predicted octanol–water partition coefficient (Wildman–Crippen LogP) is 1.68. The summed E-state index contributed by atoms with van der Waals surface area (Å²) in [5, 5.41) is 5.97. The van der Waals surface area contributed by atoms with Crippen molar-refractivity contribution in [3.05, 3.63) is 24.3 Å². The van der Waals surface area contributed by atoms with E-state index in [1.165, 1.54) is 0 Å². The Kier molecular flexibility index (Phi) is 10.6. The van der Waals surface area contributed by atoms with E-state index in [2.05, 4.69) is 10.6 Å². The van der Waals surface area contributed by atoms with E-state index in [0.717, 1.165) is 22.9 Å². The van der Waals surface area contributed by atoms with E-state index in [0.29, 0.717) is 26.2 Å². The van der Waals surface area contributed by atoms with Crippen LogP contribution in [0.15, 0.2) is 29.2 Å². The van der Waals surface area contributed by atoms with Gasteiger partial charge in [0.1, 0.15) is 0 Å². The molecule has 2 rings (SSSR count). The summed E-state index contributed by atoms with van der Waals surface area (Å²) >= 11 is 1.76. The fourth-order valence-corrected chi connectivity index (χ4v) is 3.46. The first-order chi connectivity index (χ1) is 11.7. The van der Waals surface area contributed by atoms with Crippen LogP contribution in [0, 0.1) is 0 Å². The number of rotatable bonds is 9. The summed E-state index contributed by atoms with van der Waals surface area (Å²) in [4.78, 5) is 27.2. The van der Waals surface area contributed by atoms with Crippen LogP contribution in [0.2, 0.25) is 0 Å². The van der Waals surface area contributed by atoms with Gasteiger partial charge in [0.15, 0.2) is 0 Å². The third kappa shape index (κ3) is 7.23. The lowest BCUT2D eigenvalue weighted by Gasteiger charge is -2.29. The van der Waals surface area contributed by atoms with E-state index in [4.69, 9.17) is 4.74 Å². The molecule has 1 aromatic rings. The minimum Gasteiger partial charge on any atom is -0.383 e. The molecule has 1 heterocycles. The number of anilines is 1. The Hall–Kier alpha value is -1.28. The first-order valence-electron chi connectivity index (χ1n) is 8.21. The Morgan fingerprint density at radius 3 is 2.80 bits per heavy atom. The van der Waals surface area contributed by atoms with E-state index < -0.39 is 0 Å². The largest absolute Gasteiger partial charge is 0.383 e. The number of nitrogens with one attached hydrogen (secondary N) is 2. The zero-order valence-corrected chi connectivity index (χ0v) is 16.1. The second-order valence-electron chi connectivity index (χ2n) is 5.45. The molecule has 0 unspecified atom stereocenters. The number of methoxy groups -OCH3 is 1. The molecule has 2 N–H and O–H groups in total. The van der Waals surface area contributed by atoms with Crippen molar-refractivity contribution in [2.24, 2.45) is 0 Å². The van der Waals surface area contributed by atoms with Gasteiger partial charge in [0, 0.05) is 56.8 Å². The fourth-order valence-electron chi connectivity index (χ4n) is 2.46. The highest BCUT2D eigenvalue weighted by Crippen LogP contribution is 2.34. The molecule has 0 aliphatic carbocycles. The number of carbonyl (C=O) groups excluding carboxylic acids is 2. The summed E-state index contributed by atoms with van der Waals surface area (Å²) in [5.74, 6) is 0.815. The number of hydrogen-bond donors (Lipinski definition) is 2. The van der Waals surface area contributed by atoms with Crippen LogP contribution in [0.3, 0.4) is 0 Å². The maximum atomic E-state index is 12.4. The molecule has 0 radical (unpaired) electrons. The van der Waals surface area contributed by atoms with Gasteiger partial charge in [-0.25, -0.2) is 0 Å². The summed E-state index contributed by atoms with van der Waals surface area (Å²) in [6.45, 7) is 3.36. The SMILES string of the molecule is COCCNCCNC(=O)CCC(=O)N1CCSc2ccccc21.Cl. The van der Waals surface area contributed by atoms with Crippen LogP contribution in [0.4, 0.5) is 5.69 Å². The highest BCUT2D eigenvalue weighted by molar-refractivity contribution is 7.99. The van der Waals surface area contributed by atoms with Gasteiger partial charge < -0.3 is 20.3 Å². The molecule has 1 aromatic carbocycles. The predicted molar refractivity (Wildman–Crippen MR) is 104 cm³/mol. The van der Waals surface area contributed by atoms with Crippen molar-refractivity contribution in [2.75, 3.05) is 50.5 Å². The lowest BCUT2D eigenvalue weighted by atomic mass is 10.2. The average Bonchev–Trinajstić information content (AvgIpc) is 2.62. The molecule has 8 heteroatoms. The highest BCUT2D eigenvalue weighted by atomic mass is 35.5. The zero-order chi connectivity index (χ0) is 17.2. The normalized spacial score (nSPS) is 12.9. The van der Waals surface area contributed by atoms with Gasteiger partial charge in [-0.15, -0.1) is 24.2 Å². The van der Waals surface area contributed by atoms with Gasteiger partial charge in [0.2, 0.25) is 11.8 Å².